The first-order valence-electron chi connectivity index (χ1n) is 14.9. The van der Waals surface area contributed by atoms with Gasteiger partial charge in [-0.05, 0) is 56.4 Å². The zero-order valence-corrected chi connectivity index (χ0v) is 23.5. The smallest absolute Gasteiger partial charge is 0.331 e. The number of carbonyl (C=O) groups excluding carboxylic acids is 1. The van der Waals surface area contributed by atoms with E-state index in [4.69, 9.17) is 14.2 Å². The molecule has 6 aliphatic rings. The monoisotopic (exact) mass is 584 g/mol. The molecular weight excluding hydrogens is 540 g/mol. The number of aliphatic hydroxyl groups is 8. The van der Waals surface area contributed by atoms with Crippen molar-refractivity contribution >= 4 is 5.97 Å². The third kappa shape index (κ3) is 3.99. The van der Waals surface area contributed by atoms with Crippen molar-refractivity contribution in [3.05, 3.63) is 11.6 Å². The lowest BCUT2D eigenvalue weighted by molar-refractivity contribution is -0.342. The first kappa shape index (κ1) is 29.9. The van der Waals surface area contributed by atoms with Crippen LogP contribution in [-0.4, -0.2) is 120 Å². The van der Waals surface area contributed by atoms with Crippen molar-refractivity contribution in [3.8, 4) is 0 Å². The molecule has 0 spiro atoms. The Morgan fingerprint density at radius 1 is 1.02 bits per heavy atom. The summed E-state index contributed by atoms with van der Waals surface area (Å²) in [5.41, 5.74) is -4.46. The molecule has 15 atom stereocenters. The highest BCUT2D eigenvalue weighted by Gasteiger charge is 2.75. The van der Waals surface area contributed by atoms with Crippen molar-refractivity contribution < 1.29 is 59.9 Å². The van der Waals surface area contributed by atoms with E-state index in [1.807, 2.05) is 6.92 Å². The van der Waals surface area contributed by atoms with Gasteiger partial charge in [0, 0.05) is 30.3 Å². The van der Waals surface area contributed by atoms with Gasteiger partial charge in [0.25, 0.3) is 0 Å². The van der Waals surface area contributed by atoms with Crippen molar-refractivity contribution in [2.75, 3.05) is 13.2 Å². The van der Waals surface area contributed by atoms with Gasteiger partial charge in [0.2, 0.25) is 0 Å². The van der Waals surface area contributed by atoms with Gasteiger partial charge < -0.3 is 55.1 Å². The lowest BCUT2D eigenvalue weighted by Crippen LogP contribution is -2.76. The molecule has 0 amide bonds. The highest BCUT2D eigenvalue weighted by atomic mass is 16.7. The van der Waals surface area contributed by atoms with Crippen molar-refractivity contribution in [2.45, 2.75) is 119 Å². The topological polar surface area (TPSA) is 207 Å². The van der Waals surface area contributed by atoms with Crippen molar-refractivity contribution in [2.24, 2.45) is 28.6 Å². The molecular formula is C29H44O12. The van der Waals surface area contributed by atoms with E-state index in [9.17, 15) is 45.6 Å². The number of ether oxygens (including phenoxy) is 3. The Labute approximate surface area is 238 Å². The fourth-order valence-corrected chi connectivity index (χ4v) is 10.1. The summed E-state index contributed by atoms with van der Waals surface area (Å²) in [5, 5.41) is 89.6. The molecule has 0 radical (unpaired) electrons. The van der Waals surface area contributed by atoms with Gasteiger partial charge in [0.15, 0.2) is 6.29 Å². The number of carbonyl (C=O) groups is 1. The molecule has 5 fully saturated rings. The largest absolute Gasteiger partial charge is 0.458 e. The van der Waals surface area contributed by atoms with Crippen molar-refractivity contribution in [1.29, 1.82) is 0 Å². The fourth-order valence-electron chi connectivity index (χ4n) is 10.1. The molecule has 2 heterocycles. The first-order valence-corrected chi connectivity index (χ1v) is 14.9. The molecule has 2 aliphatic heterocycles. The van der Waals surface area contributed by atoms with E-state index in [0.29, 0.717) is 19.3 Å². The SMILES string of the molecule is C[C@@H]1O[C@@H](OC2CC(O)[C@]3(CO)C4C(CCC3(O)C2)C2(O)CCC(C3=CC(=O)OC3)[C@@]2(C)C[C@H]4O)[C@H](O)[C@H](O)[C@H]1O. The van der Waals surface area contributed by atoms with E-state index in [1.54, 1.807) is 0 Å². The molecule has 0 bridgehead atoms. The third-order valence-electron chi connectivity index (χ3n) is 12.2. The van der Waals surface area contributed by atoms with Crippen molar-refractivity contribution in [1.82, 2.24) is 0 Å². The highest BCUT2D eigenvalue weighted by Crippen LogP contribution is 2.70. The summed E-state index contributed by atoms with van der Waals surface area (Å²) in [7, 11) is 0. The van der Waals surface area contributed by atoms with Crippen LogP contribution >= 0.6 is 0 Å². The molecule has 8 N–H and O–H groups in total. The van der Waals surface area contributed by atoms with E-state index >= 15 is 0 Å². The maximum Gasteiger partial charge on any atom is 0.331 e. The minimum Gasteiger partial charge on any atom is -0.458 e. The Kier molecular flexibility index (Phi) is 7.22. The summed E-state index contributed by atoms with van der Waals surface area (Å²) in [5.74, 6) is -1.93. The van der Waals surface area contributed by atoms with Gasteiger partial charge in [-0.15, -0.1) is 0 Å². The van der Waals surface area contributed by atoms with Gasteiger partial charge in [0.1, 0.15) is 24.9 Å². The van der Waals surface area contributed by atoms with Gasteiger partial charge in [0.05, 0.1) is 47.6 Å². The van der Waals surface area contributed by atoms with E-state index in [-0.39, 0.29) is 38.2 Å². The Morgan fingerprint density at radius 3 is 2.41 bits per heavy atom. The second-order valence-electron chi connectivity index (χ2n) is 13.8. The van der Waals surface area contributed by atoms with Crippen LogP contribution < -0.4 is 0 Å². The van der Waals surface area contributed by atoms with Gasteiger partial charge in [-0.2, -0.15) is 0 Å². The molecule has 7 unspecified atom stereocenters. The van der Waals surface area contributed by atoms with Crippen LogP contribution in [0.25, 0.3) is 0 Å². The number of hydrogen-bond acceptors (Lipinski definition) is 12. The van der Waals surface area contributed by atoms with E-state index in [1.165, 1.54) is 13.0 Å². The molecule has 4 aliphatic carbocycles. The quantitative estimate of drug-likeness (QED) is 0.140. The Bertz CT molecular complexity index is 1080. The maximum atomic E-state index is 12.4. The van der Waals surface area contributed by atoms with E-state index in [0.717, 1.165) is 5.57 Å². The van der Waals surface area contributed by atoms with Crippen LogP contribution in [0.5, 0.6) is 0 Å². The van der Waals surface area contributed by atoms with Gasteiger partial charge >= 0.3 is 5.97 Å². The van der Waals surface area contributed by atoms with Crippen LogP contribution in [0.15, 0.2) is 11.6 Å². The minimum atomic E-state index is -1.67. The summed E-state index contributed by atoms with van der Waals surface area (Å²) < 4.78 is 16.7. The van der Waals surface area contributed by atoms with Crippen molar-refractivity contribution in [3.63, 3.8) is 0 Å². The summed E-state index contributed by atoms with van der Waals surface area (Å²) in [6.45, 7) is 3.00. The van der Waals surface area contributed by atoms with Gasteiger partial charge in [-0.25, -0.2) is 4.79 Å². The van der Waals surface area contributed by atoms with Crippen LogP contribution in [0.4, 0.5) is 0 Å². The van der Waals surface area contributed by atoms with Crippen LogP contribution in [-0.2, 0) is 19.0 Å². The predicted octanol–water partition coefficient (Wildman–Crippen LogP) is -1.51. The summed E-state index contributed by atoms with van der Waals surface area (Å²) in [6, 6.07) is 0. The number of fused-ring (bicyclic) bond motifs is 5. The summed E-state index contributed by atoms with van der Waals surface area (Å²) >= 11 is 0. The van der Waals surface area contributed by atoms with Crippen LogP contribution in [0.3, 0.4) is 0 Å². The number of hydrogen-bond donors (Lipinski definition) is 8. The highest BCUT2D eigenvalue weighted by molar-refractivity contribution is 5.85. The average Bonchev–Trinajstić information content (AvgIpc) is 3.45. The average molecular weight is 585 g/mol. The number of aliphatic hydroxyl groups excluding tert-OH is 6. The minimum absolute atomic E-state index is 0.0369. The molecule has 0 aromatic rings. The predicted molar refractivity (Wildman–Crippen MR) is 139 cm³/mol. The third-order valence-corrected chi connectivity index (χ3v) is 12.2. The summed E-state index contributed by atoms with van der Waals surface area (Å²) in [6.07, 6.45) is -6.68. The zero-order chi connectivity index (χ0) is 29.7. The molecule has 12 nitrogen and oxygen atoms in total. The number of rotatable bonds is 4. The number of cyclic esters (lactones) is 1. The molecule has 1 saturated heterocycles. The molecule has 6 rings (SSSR count). The van der Waals surface area contributed by atoms with E-state index < -0.39 is 95.5 Å². The standard InChI is InChI=1S/C29H44O12/c1-13-22(34)23(35)24(36)25(40-13)41-15-8-19(32)28(12-30)21-17(3-5-27(28,37)9-15)29(38)6-4-16(14-7-20(33)39-11-14)26(29,2)10-18(21)31/h7,13,15-19,21-25,30-32,34-38H,3-6,8-12H2,1-2H3/t13-,15?,16?,17?,18+,19?,21?,22-,23+,24+,25-,26+,27?,28+,29?/m0/s1. The Balaban J connectivity index is 1.28. The van der Waals surface area contributed by atoms with Gasteiger partial charge in [-0.1, -0.05) is 6.92 Å². The van der Waals surface area contributed by atoms with Gasteiger partial charge in [-0.3, -0.25) is 0 Å². The molecule has 0 aromatic carbocycles. The lowest BCUT2D eigenvalue weighted by Gasteiger charge is -2.68. The second-order valence-corrected chi connectivity index (χ2v) is 13.8. The number of esters is 1. The Morgan fingerprint density at radius 2 is 1.76 bits per heavy atom. The maximum absolute atomic E-state index is 12.4. The molecule has 232 valence electrons. The zero-order valence-electron chi connectivity index (χ0n) is 23.5. The molecule has 4 saturated carbocycles. The Hall–Kier alpha value is -1.19. The lowest BCUT2D eigenvalue weighted by atomic mass is 9.40. The molecule has 41 heavy (non-hydrogen) atoms. The molecule has 0 aromatic heterocycles. The second kappa shape index (κ2) is 9.91. The fraction of sp³-hybridized carbons (Fsp3) is 0.897. The van der Waals surface area contributed by atoms with Crippen LogP contribution in [0, 0.1) is 28.6 Å². The van der Waals surface area contributed by atoms with Crippen LogP contribution in [0.2, 0.25) is 0 Å². The van der Waals surface area contributed by atoms with E-state index in [2.05, 4.69) is 0 Å². The first-order chi connectivity index (χ1) is 19.2. The normalized spacial score (nSPS) is 56.9. The summed E-state index contributed by atoms with van der Waals surface area (Å²) in [4.78, 5) is 11.8. The molecule has 12 heteroatoms. The van der Waals surface area contributed by atoms with Crippen LogP contribution in [0.1, 0.15) is 58.8 Å².